The molecule has 0 fully saturated rings. The highest BCUT2D eigenvalue weighted by Gasteiger charge is 2.68. The van der Waals surface area contributed by atoms with Crippen LogP contribution in [0.25, 0.3) is 0 Å². The molecule has 162 valence electrons. The minimum absolute atomic E-state index is 0.00708. The summed E-state index contributed by atoms with van der Waals surface area (Å²) in [6, 6.07) is 0. The predicted molar refractivity (Wildman–Crippen MR) is 107 cm³/mol. The Morgan fingerprint density at radius 1 is 0.552 bits per heavy atom. The average Bonchev–Trinajstić information content (AvgIpc) is 2.98. The number of carbonyl (C=O) groups excluding carboxylic acids is 4. The van der Waals surface area contributed by atoms with E-state index < -0.39 is 42.0 Å². The molecule has 0 saturated carbocycles. The van der Waals surface area contributed by atoms with Crippen LogP contribution in [0.2, 0.25) is 10.1 Å². The standard InChI is InChI=1S/C20H30O8Si/c1-19(2,3)29(20(4,5)6)13(17(23)27-9)11(15(21)25-7)12(16(22)26-8)14(29)18(24)28-10/h1-10H3. The Hall–Kier alpha value is -2.42. The van der Waals surface area contributed by atoms with Crippen molar-refractivity contribution in [3.8, 4) is 0 Å². The SMILES string of the molecule is COC(=O)C1=C(C(=O)OC)[Si](C(C)(C)C)(C(C)(C)C)C(C(=O)OC)=C1C(=O)OC. The molecule has 0 atom stereocenters. The number of ether oxygens (including phenoxy) is 4. The Balaban J connectivity index is 4.49. The van der Waals surface area contributed by atoms with Crippen LogP contribution in [0.3, 0.4) is 0 Å². The van der Waals surface area contributed by atoms with E-state index in [4.69, 9.17) is 18.9 Å². The van der Waals surface area contributed by atoms with E-state index in [1.165, 1.54) is 14.2 Å². The summed E-state index contributed by atoms with van der Waals surface area (Å²) < 4.78 is 19.8. The van der Waals surface area contributed by atoms with Crippen molar-refractivity contribution in [3.63, 3.8) is 0 Å². The van der Waals surface area contributed by atoms with Crippen molar-refractivity contribution in [1.29, 1.82) is 0 Å². The Morgan fingerprint density at radius 2 is 0.793 bits per heavy atom. The molecule has 0 N–H and O–H groups in total. The fourth-order valence-corrected chi connectivity index (χ4v) is 12.2. The van der Waals surface area contributed by atoms with Crippen LogP contribution in [0.1, 0.15) is 41.5 Å². The first-order valence-electron chi connectivity index (χ1n) is 9.02. The minimum atomic E-state index is -3.54. The van der Waals surface area contributed by atoms with Crippen molar-refractivity contribution >= 4 is 32.0 Å². The van der Waals surface area contributed by atoms with Crippen molar-refractivity contribution in [2.75, 3.05) is 28.4 Å². The summed E-state index contributed by atoms with van der Waals surface area (Å²) in [6.07, 6.45) is 0. The van der Waals surface area contributed by atoms with Gasteiger partial charge in [0.1, 0.15) is 8.07 Å². The number of hydrogen-bond acceptors (Lipinski definition) is 8. The molecule has 1 aliphatic heterocycles. The molecule has 1 heterocycles. The first-order valence-corrected chi connectivity index (χ1v) is 11.0. The van der Waals surface area contributed by atoms with Gasteiger partial charge in [0.2, 0.25) is 0 Å². The zero-order valence-electron chi connectivity index (χ0n) is 18.8. The lowest BCUT2D eigenvalue weighted by molar-refractivity contribution is -0.140. The van der Waals surface area contributed by atoms with Crippen LogP contribution in [-0.4, -0.2) is 60.4 Å². The lowest BCUT2D eigenvalue weighted by atomic mass is 10.1. The molecule has 0 saturated heterocycles. The van der Waals surface area contributed by atoms with E-state index in [0.717, 1.165) is 14.2 Å². The van der Waals surface area contributed by atoms with Crippen LogP contribution >= 0.6 is 0 Å². The second-order valence-corrected chi connectivity index (χ2v) is 14.2. The normalized spacial score (nSPS) is 16.5. The van der Waals surface area contributed by atoms with Gasteiger partial charge in [0, 0.05) is 10.4 Å². The molecule has 0 unspecified atom stereocenters. The molecule has 9 heteroatoms. The van der Waals surface area contributed by atoms with Gasteiger partial charge < -0.3 is 18.9 Å². The van der Waals surface area contributed by atoms with E-state index in [2.05, 4.69) is 0 Å². The number of esters is 4. The summed E-state index contributed by atoms with van der Waals surface area (Å²) in [6.45, 7) is 11.2. The molecule has 1 aliphatic rings. The second-order valence-electron chi connectivity index (χ2n) is 8.72. The van der Waals surface area contributed by atoms with Gasteiger partial charge in [-0.2, -0.15) is 0 Å². The van der Waals surface area contributed by atoms with Crippen molar-refractivity contribution in [2.45, 2.75) is 51.6 Å². The number of methoxy groups -OCH3 is 4. The molecule has 0 aromatic rings. The summed E-state index contributed by atoms with van der Waals surface area (Å²) in [7, 11) is 1.09. The van der Waals surface area contributed by atoms with Crippen molar-refractivity contribution in [1.82, 2.24) is 0 Å². The molecule has 0 amide bonds. The maximum atomic E-state index is 13.1. The molecule has 0 radical (unpaired) electrons. The Morgan fingerprint density at radius 3 is 0.966 bits per heavy atom. The lowest BCUT2D eigenvalue weighted by Gasteiger charge is -2.51. The van der Waals surface area contributed by atoms with Gasteiger partial charge in [-0.25, -0.2) is 19.2 Å². The largest absolute Gasteiger partial charge is 0.466 e. The molecule has 0 spiro atoms. The predicted octanol–water partition coefficient (Wildman–Crippen LogP) is 2.41. The van der Waals surface area contributed by atoms with Crippen LogP contribution in [0.15, 0.2) is 21.5 Å². The number of carbonyl (C=O) groups is 4. The van der Waals surface area contributed by atoms with Gasteiger partial charge in [0.25, 0.3) is 0 Å². The van der Waals surface area contributed by atoms with E-state index in [9.17, 15) is 19.2 Å². The van der Waals surface area contributed by atoms with Gasteiger partial charge in [-0.05, 0) is 10.1 Å². The average molecular weight is 427 g/mol. The lowest BCUT2D eigenvalue weighted by Crippen LogP contribution is -2.58. The summed E-state index contributed by atoms with van der Waals surface area (Å²) in [4.78, 5) is 51.8. The molecular formula is C20H30O8Si. The van der Waals surface area contributed by atoms with Crippen LogP contribution in [0, 0.1) is 0 Å². The van der Waals surface area contributed by atoms with Gasteiger partial charge in [0.15, 0.2) is 0 Å². The topological polar surface area (TPSA) is 105 Å². The fourth-order valence-electron chi connectivity index (χ4n) is 4.70. The summed E-state index contributed by atoms with van der Waals surface area (Å²) >= 11 is 0. The van der Waals surface area contributed by atoms with Crippen LogP contribution in [-0.2, 0) is 38.1 Å². The monoisotopic (exact) mass is 426 g/mol. The Kier molecular flexibility index (Phi) is 6.91. The van der Waals surface area contributed by atoms with Crippen LogP contribution < -0.4 is 0 Å². The maximum Gasteiger partial charge on any atom is 0.338 e. The first-order chi connectivity index (χ1) is 13.2. The highest BCUT2D eigenvalue weighted by atomic mass is 28.3. The van der Waals surface area contributed by atoms with Gasteiger partial charge in [-0.3, -0.25) is 0 Å². The maximum absolute atomic E-state index is 13.1. The minimum Gasteiger partial charge on any atom is -0.466 e. The quantitative estimate of drug-likeness (QED) is 0.383. The Labute approximate surface area is 172 Å². The highest BCUT2D eigenvalue weighted by molar-refractivity contribution is 7.04. The zero-order valence-corrected chi connectivity index (χ0v) is 19.8. The van der Waals surface area contributed by atoms with Crippen LogP contribution in [0.4, 0.5) is 0 Å². The molecule has 0 bridgehead atoms. The van der Waals surface area contributed by atoms with E-state index in [0.29, 0.717) is 0 Å². The van der Waals surface area contributed by atoms with Gasteiger partial charge >= 0.3 is 23.9 Å². The van der Waals surface area contributed by atoms with Gasteiger partial charge in [-0.1, -0.05) is 41.5 Å². The van der Waals surface area contributed by atoms with Crippen molar-refractivity contribution in [2.24, 2.45) is 0 Å². The van der Waals surface area contributed by atoms with E-state index in [1.807, 2.05) is 41.5 Å². The number of hydrogen-bond donors (Lipinski definition) is 0. The Bertz CT molecular complexity index is 737. The van der Waals surface area contributed by atoms with E-state index >= 15 is 0 Å². The summed E-state index contributed by atoms with van der Waals surface area (Å²) in [5, 5.41) is -1.39. The van der Waals surface area contributed by atoms with E-state index in [-0.39, 0.29) is 21.5 Å². The molecule has 29 heavy (non-hydrogen) atoms. The third kappa shape index (κ3) is 3.52. The third-order valence-corrected chi connectivity index (χ3v) is 12.2. The smallest absolute Gasteiger partial charge is 0.338 e. The molecular weight excluding hydrogens is 396 g/mol. The molecule has 0 aliphatic carbocycles. The molecule has 1 rings (SSSR count). The third-order valence-electron chi connectivity index (χ3n) is 5.31. The second kappa shape index (κ2) is 8.14. The summed E-state index contributed by atoms with van der Waals surface area (Å²) in [5.41, 5.74) is -0.578. The van der Waals surface area contributed by atoms with Crippen molar-refractivity contribution in [3.05, 3.63) is 21.5 Å². The summed E-state index contributed by atoms with van der Waals surface area (Å²) in [5.74, 6) is -3.42. The number of rotatable bonds is 4. The first kappa shape index (κ1) is 24.6. The molecule has 0 aromatic heterocycles. The zero-order chi connectivity index (χ0) is 22.9. The van der Waals surface area contributed by atoms with Gasteiger partial charge in [0.05, 0.1) is 39.6 Å². The molecule has 8 nitrogen and oxygen atoms in total. The van der Waals surface area contributed by atoms with E-state index in [1.54, 1.807) is 0 Å². The fraction of sp³-hybridized carbons (Fsp3) is 0.600. The van der Waals surface area contributed by atoms with Crippen LogP contribution in [0.5, 0.6) is 0 Å². The molecule has 0 aromatic carbocycles. The highest BCUT2D eigenvalue weighted by Crippen LogP contribution is 2.63. The van der Waals surface area contributed by atoms with Gasteiger partial charge in [-0.15, -0.1) is 0 Å². The van der Waals surface area contributed by atoms with Crippen molar-refractivity contribution < 1.29 is 38.1 Å².